The molecule has 1 aromatic heterocycles. The highest BCUT2D eigenvalue weighted by Crippen LogP contribution is 2.23. The molecular weight excluding hydrogens is 349 g/mol. The van der Waals surface area contributed by atoms with Crippen LogP contribution in [0.2, 0.25) is 0 Å². The van der Waals surface area contributed by atoms with E-state index in [1.165, 1.54) is 24.3 Å². The fourth-order valence-electron chi connectivity index (χ4n) is 2.59. The molecule has 3 N–H and O–H groups in total. The van der Waals surface area contributed by atoms with Crippen LogP contribution in [0.25, 0.3) is 11.0 Å². The predicted octanol–water partition coefficient (Wildman–Crippen LogP) is 3.36. The molecule has 0 bridgehead atoms. The van der Waals surface area contributed by atoms with E-state index in [1.54, 1.807) is 0 Å². The summed E-state index contributed by atoms with van der Waals surface area (Å²) in [5, 5.41) is 9.08. The van der Waals surface area contributed by atoms with Crippen LogP contribution < -0.4 is 16.0 Å². The first kappa shape index (κ1) is 18.4. The lowest BCUT2D eigenvalue weighted by Gasteiger charge is -2.12. The van der Waals surface area contributed by atoms with E-state index in [9.17, 15) is 14.0 Å². The highest BCUT2D eigenvalue weighted by Gasteiger charge is 2.14. The Morgan fingerprint density at radius 2 is 1.74 bits per heavy atom. The number of fused-ring (bicyclic) bond motifs is 1. The number of amides is 3. The van der Waals surface area contributed by atoms with Crippen LogP contribution in [-0.4, -0.2) is 25.0 Å². The minimum absolute atomic E-state index is 0.253. The Bertz CT molecular complexity index is 904. The number of para-hydroxylation sites is 1. The summed E-state index contributed by atoms with van der Waals surface area (Å²) in [6.07, 6.45) is 0. The van der Waals surface area contributed by atoms with Crippen molar-refractivity contribution in [3.05, 3.63) is 71.7 Å². The minimum atomic E-state index is -0.400. The SMILES string of the molecule is CC(NC(=O)NCCNC(=O)c1ccc(F)cc1)c1cc2ccccc2o1. The highest BCUT2D eigenvalue weighted by molar-refractivity contribution is 5.94. The molecule has 27 heavy (non-hydrogen) atoms. The van der Waals surface area contributed by atoms with E-state index < -0.39 is 5.82 Å². The molecule has 0 radical (unpaired) electrons. The smallest absolute Gasteiger partial charge is 0.315 e. The van der Waals surface area contributed by atoms with Crippen molar-refractivity contribution in [1.82, 2.24) is 16.0 Å². The van der Waals surface area contributed by atoms with Gasteiger partial charge in [0.1, 0.15) is 17.2 Å². The lowest BCUT2D eigenvalue weighted by atomic mass is 10.2. The van der Waals surface area contributed by atoms with Crippen molar-refractivity contribution >= 4 is 22.9 Å². The predicted molar refractivity (Wildman–Crippen MR) is 99.9 cm³/mol. The first-order chi connectivity index (χ1) is 13.0. The van der Waals surface area contributed by atoms with Crippen LogP contribution in [0, 0.1) is 5.82 Å². The second-order valence-electron chi connectivity index (χ2n) is 6.07. The molecule has 1 atom stereocenters. The number of rotatable bonds is 6. The van der Waals surface area contributed by atoms with E-state index in [-0.39, 0.29) is 31.1 Å². The van der Waals surface area contributed by atoms with E-state index >= 15 is 0 Å². The largest absolute Gasteiger partial charge is 0.459 e. The van der Waals surface area contributed by atoms with Gasteiger partial charge in [-0.2, -0.15) is 0 Å². The summed E-state index contributed by atoms with van der Waals surface area (Å²) in [6, 6.07) is 14.1. The molecule has 2 aromatic carbocycles. The number of nitrogens with one attached hydrogen (secondary N) is 3. The van der Waals surface area contributed by atoms with E-state index in [0.29, 0.717) is 11.3 Å². The molecule has 0 fully saturated rings. The quantitative estimate of drug-likeness (QED) is 0.583. The zero-order valence-electron chi connectivity index (χ0n) is 14.8. The Labute approximate surface area is 155 Å². The molecule has 1 unspecified atom stereocenters. The number of hydrogen-bond donors (Lipinski definition) is 3. The molecule has 7 heteroatoms. The Hall–Kier alpha value is -3.35. The minimum Gasteiger partial charge on any atom is -0.459 e. The van der Waals surface area contributed by atoms with Gasteiger partial charge < -0.3 is 20.4 Å². The Morgan fingerprint density at radius 3 is 2.48 bits per heavy atom. The molecule has 0 aliphatic carbocycles. The molecule has 3 aromatic rings. The first-order valence-corrected chi connectivity index (χ1v) is 8.59. The highest BCUT2D eigenvalue weighted by atomic mass is 19.1. The Kier molecular flexibility index (Phi) is 5.71. The molecule has 3 amide bonds. The molecule has 0 aliphatic rings. The molecule has 0 spiro atoms. The van der Waals surface area contributed by atoms with Crippen molar-refractivity contribution < 1.29 is 18.4 Å². The second kappa shape index (κ2) is 8.35. The normalized spacial score (nSPS) is 11.8. The van der Waals surface area contributed by atoms with Gasteiger partial charge in [-0.05, 0) is 43.3 Å². The molecule has 140 valence electrons. The third-order valence-electron chi connectivity index (χ3n) is 4.02. The molecule has 6 nitrogen and oxygen atoms in total. The fraction of sp³-hybridized carbons (Fsp3) is 0.200. The van der Waals surface area contributed by atoms with Crippen molar-refractivity contribution in [2.45, 2.75) is 13.0 Å². The molecule has 1 heterocycles. The Balaban J connectivity index is 1.41. The maximum Gasteiger partial charge on any atom is 0.315 e. The van der Waals surface area contributed by atoms with Crippen LogP contribution in [0.15, 0.2) is 59.0 Å². The van der Waals surface area contributed by atoms with Crippen LogP contribution in [0.3, 0.4) is 0 Å². The number of hydrogen-bond acceptors (Lipinski definition) is 3. The topological polar surface area (TPSA) is 83.4 Å². The van der Waals surface area contributed by atoms with Crippen molar-refractivity contribution in [3.8, 4) is 0 Å². The zero-order valence-corrected chi connectivity index (χ0v) is 14.8. The summed E-state index contributed by atoms with van der Waals surface area (Å²) in [7, 11) is 0. The second-order valence-corrected chi connectivity index (χ2v) is 6.07. The summed E-state index contributed by atoms with van der Waals surface area (Å²) >= 11 is 0. The number of halogens is 1. The van der Waals surface area contributed by atoms with Crippen molar-refractivity contribution in [2.24, 2.45) is 0 Å². The third kappa shape index (κ3) is 4.84. The first-order valence-electron chi connectivity index (χ1n) is 8.59. The summed E-state index contributed by atoms with van der Waals surface area (Å²) in [6.45, 7) is 2.34. The average molecular weight is 369 g/mol. The lowest BCUT2D eigenvalue weighted by molar-refractivity contribution is 0.0953. The number of furan rings is 1. The van der Waals surface area contributed by atoms with E-state index in [0.717, 1.165) is 11.0 Å². The van der Waals surface area contributed by atoms with Gasteiger partial charge in [-0.25, -0.2) is 9.18 Å². The summed E-state index contributed by atoms with van der Waals surface area (Å²) < 4.78 is 18.6. The van der Waals surface area contributed by atoms with E-state index in [4.69, 9.17) is 4.42 Å². The van der Waals surface area contributed by atoms with Crippen LogP contribution in [0.1, 0.15) is 29.1 Å². The standard InChI is InChI=1S/C20H20FN3O3/c1-13(18-12-15-4-2-3-5-17(15)27-18)24-20(26)23-11-10-22-19(25)14-6-8-16(21)9-7-14/h2-9,12-13H,10-11H2,1H3,(H,22,25)(H2,23,24,26). The molecule has 0 saturated carbocycles. The van der Waals surface area contributed by atoms with Gasteiger partial charge in [-0.15, -0.1) is 0 Å². The summed E-state index contributed by atoms with van der Waals surface area (Å²) in [4.78, 5) is 23.9. The number of carbonyl (C=O) groups is 2. The van der Waals surface area contributed by atoms with Crippen molar-refractivity contribution in [2.75, 3.05) is 13.1 Å². The number of carbonyl (C=O) groups excluding carboxylic acids is 2. The maximum absolute atomic E-state index is 12.8. The van der Waals surface area contributed by atoms with Gasteiger partial charge in [-0.1, -0.05) is 18.2 Å². The zero-order chi connectivity index (χ0) is 19.2. The molecule has 0 aliphatic heterocycles. The third-order valence-corrected chi connectivity index (χ3v) is 4.02. The van der Waals surface area contributed by atoms with E-state index in [1.807, 2.05) is 37.3 Å². The summed E-state index contributed by atoms with van der Waals surface area (Å²) in [5.41, 5.74) is 1.13. The van der Waals surface area contributed by atoms with Gasteiger partial charge in [0.05, 0.1) is 6.04 Å². The van der Waals surface area contributed by atoms with Crippen molar-refractivity contribution in [1.29, 1.82) is 0 Å². The summed E-state index contributed by atoms with van der Waals surface area (Å²) in [5.74, 6) is -0.0627. The van der Waals surface area contributed by atoms with Crippen LogP contribution in [-0.2, 0) is 0 Å². The van der Waals surface area contributed by atoms with Gasteiger partial charge in [0, 0.05) is 24.0 Å². The van der Waals surface area contributed by atoms with Gasteiger partial charge >= 0.3 is 6.03 Å². The number of urea groups is 1. The van der Waals surface area contributed by atoms with Gasteiger partial charge in [0.15, 0.2) is 0 Å². The van der Waals surface area contributed by atoms with Crippen LogP contribution >= 0.6 is 0 Å². The molecule has 0 saturated heterocycles. The lowest BCUT2D eigenvalue weighted by Crippen LogP contribution is -2.41. The van der Waals surface area contributed by atoms with Gasteiger partial charge in [0.25, 0.3) is 5.91 Å². The van der Waals surface area contributed by atoms with Crippen LogP contribution in [0.4, 0.5) is 9.18 Å². The maximum atomic E-state index is 12.8. The van der Waals surface area contributed by atoms with Gasteiger partial charge in [0.2, 0.25) is 0 Å². The molecule has 3 rings (SSSR count). The number of benzene rings is 2. The fourth-order valence-corrected chi connectivity index (χ4v) is 2.59. The average Bonchev–Trinajstić information content (AvgIpc) is 3.10. The molecular formula is C20H20FN3O3. The Morgan fingerprint density at radius 1 is 1.04 bits per heavy atom. The van der Waals surface area contributed by atoms with E-state index in [2.05, 4.69) is 16.0 Å². The monoisotopic (exact) mass is 369 g/mol. The van der Waals surface area contributed by atoms with Gasteiger partial charge in [-0.3, -0.25) is 4.79 Å². The van der Waals surface area contributed by atoms with Crippen molar-refractivity contribution in [3.63, 3.8) is 0 Å². The van der Waals surface area contributed by atoms with Crippen LogP contribution in [0.5, 0.6) is 0 Å².